The molecule has 1 aliphatic carbocycles. The minimum Gasteiger partial charge on any atom is -0.344 e. The van der Waals surface area contributed by atoms with Crippen molar-refractivity contribution in [2.24, 2.45) is 0 Å². The third-order valence-electron chi connectivity index (χ3n) is 7.75. The Morgan fingerprint density at radius 2 is 1.71 bits per heavy atom. The molecule has 216 valence electrons. The van der Waals surface area contributed by atoms with Gasteiger partial charge in [-0.2, -0.15) is 10.5 Å². The van der Waals surface area contributed by atoms with E-state index in [-0.39, 0.29) is 30.3 Å². The van der Waals surface area contributed by atoms with Crippen molar-refractivity contribution in [3.63, 3.8) is 0 Å². The Morgan fingerprint density at radius 1 is 1.10 bits per heavy atom. The van der Waals surface area contributed by atoms with Crippen LogP contribution in [0.25, 0.3) is 0 Å². The lowest BCUT2D eigenvalue weighted by atomic mass is 9.71. The summed E-state index contributed by atoms with van der Waals surface area (Å²) < 4.78 is 0. The van der Waals surface area contributed by atoms with Gasteiger partial charge in [0.25, 0.3) is 11.8 Å². The van der Waals surface area contributed by atoms with Crippen molar-refractivity contribution in [1.82, 2.24) is 40.6 Å². The van der Waals surface area contributed by atoms with Crippen LogP contribution in [-0.2, 0) is 23.1 Å². The Bertz CT molecular complexity index is 1420. The van der Waals surface area contributed by atoms with Crippen LogP contribution >= 0.6 is 22.7 Å². The molecule has 41 heavy (non-hydrogen) atoms. The van der Waals surface area contributed by atoms with Crippen molar-refractivity contribution in [2.45, 2.75) is 43.6 Å². The standard InChI is InChI=1S/C27H33N9O3S2/c1-34(2)24(38)21-12-17-19(40-21)7-8-20-18(13-22(41-20)25(39)35(3)4)27(17,26-30-32-33-31-26)9-10-29-15-23(37)36-11-5-6-16(36)14-28/h12-13,16,29H,5-11,15H2,1-4H3,(H,30,31,32,33)/t16-/m0/s1. The summed E-state index contributed by atoms with van der Waals surface area (Å²) in [4.78, 5) is 47.1. The van der Waals surface area contributed by atoms with E-state index < -0.39 is 5.41 Å². The molecule has 5 rings (SSSR count). The highest BCUT2D eigenvalue weighted by molar-refractivity contribution is 7.15. The van der Waals surface area contributed by atoms with Crippen LogP contribution in [0, 0.1) is 11.3 Å². The average Bonchev–Trinajstić information content (AvgIpc) is 3.77. The molecular weight excluding hydrogens is 562 g/mol. The second-order valence-electron chi connectivity index (χ2n) is 10.7. The summed E-state index contributed by atoms with van der Waals surface area (Å²) in [5.74, 6) is 0.178. The van der Waals surface area contributed by atoms with Crippen molar-refractivity contribution in [3.05, 3.63) is 48.6 Å². The van der Waals surface area contributed by atoms with Crippen LogP contribution < -0.4 is 5.32 Å². The van der Waals surface area contributed by atoms with Crippen LogP contribution in [0.15, 0.2) is 12.1 Å². The first-order valence-corrected chi connectivity index (χ1v) is 15.1. The van der Waals surface area contributed by atoms with E-state index in [0.29, 0.717) is 54.4 Å². The Hall–Kier alpha value is -3.67. The molecule has 0 bridgehead atoms. The monoisotopic (exact) mass is 595 g/mol. The van der Waals surface area contributed by atoms with Crippen LogP contribution in [-0.4, -0.2) is 107 Å². The van der Waals surface area contributed by atoms with Crippen LogP contribution in [0.5, 0.6) is 0 Å². The molecule has 3 aromatic heterocycles. The molecule has 0 radical (unpaired) electrons. The van der Waals surface area contributed by atoms with Gasteiger partial charge >= 0.3 is 0 Å². The normalized spacial score (nSPS) is 17.3. The summed E-state index contributed by atoms with van der Waals surface area (Å²) in [6, 6.07) is 5.72. The number of hydrogen-bond acceptors (Lipinski definition) is 10. The van der Waals surface area contributed by atoms with Gasteiger partial charge in [-0.1, -0.05) is 5.21 Å². The Kier molecular flexibility index (Phi) is 8.21. The molecule has 0 spiro atoms. The molecule has 0 aromatic carbocycles. The molecule has 4 heterocycles. The first-order valence-electron chi connectivity index (χ1n) is 13.5. The number of amides is 3. The third-order valence-corrected chi connectivity index (χ3v) is 10.1. The first-order chi connectivity index (χ1) is 19.7. The van der Waals surface area contributed by atoms with Crippen molar-refractivity contribution in [1.29, 1.82) is 5.26 Å². The summed E-state index contributed by atoms with van der Waals surface area (Å²) >= 11 is 2.96. The number of carbonyl (C=O) groups is 3. The largest absolute Gasteiger partial charge is 0.344 e. The SMILES string of the molecule is CN(C)C(=O)c1cc2c(s1)CCc1sc(C(=O)N(C)C)cc1C2(CCNCC(=O)N1CCC[C@H]1C#N)c1nn[nH]n1. The molecule has 2 aliphatic rings. The Labute approximate surface area is 246 Å². The maximum absolute atomic E-state index is 13.0. The van der Waals surface area contributed by atoms with Gasteiger partial charge in [0.15, 0.2) is 5.82 Å². The van der Waals surface area contributed by atoms with Gasteiger partial charge in [0, 0.05) is 44.5 Å². The molecule has 12 nitrogen and oxygen atoms in total. The number of hydrogen-bond donors (Lipinski definition) is 2. The third kappa shape index (κ3) is 5.25. The van der Waals surface area contributed by atoms with E-state index in [1.165, 1.54) is 22.7 Å². The lowest BCUT2D eigenvalue weighted by Crippen LogP contribution is -2.42. The zero-order valence-electron chi connectivity index (χ0n) is 23.6. The van der Waals surface area contributed by atoms with E-state index in [1.807, 2.05) is 12.1 Å². The highest BCUT2D eigenvalue weighted by Crippen LogP contribution is 2.50. The zero-order valence-corrected chi connectivity index (χ0v) is 25.2. The smallest absolute Gasteiger partial charge is 0.263 e. The maximum atomic E-state index is 13.0. The minimum atomic E-state index is -0.907. The summed E-state index contributed by atoms with van der Waals surface area (Å²) in [6.45, 7) is 1.11. The van der Waals surface area contributed by atoms with E-state index in [9.17, 15) is 19.6 Å². The van der Waals surface area contributed by atoms with Crippen LogP contribution in [0.4, 0.5) is 0 Å². The molecule has 14 heteroatoms. The number of nitriles is 1. The number of thiophene rings is 2. The lowest BCUT2D eigenvalue weighted by molar-refractivity contribution is -0.130. The highest BCUT2D eigenvalue weighted by Gasteiger charge is 2.47. The molecule has 0 unspecified atom stereocenters. The number of nitrogens with zero attached hydrogens (tertiary/aromatic N) is 7. The quantitative estimate of drug-likeness (QED) is 0.373. The van der Waals surface area contributed by atoms with Gasteiger partial charge in [-0.3, -0.25) is 14.4 Å². The minimum absolute atomic E-state index is 0.0829. The number of nitrogens with one attached hydrogen (secondary N) is 2. The average molecular weight is 596 g/mol. The van der Waals surface area contributed by atoms with E-state index in [0.717, 1.165) is 27.3 Å². The molecule has 1 saturated heterocycles. The van der Waals surface area contributed by atoms with E-state index in [2.05, 4.69) is 32.0 Å². The molecule has 1 aliphatic heterocycles. The highest BCUT2D eigenvalue weighted by atomic mass is 32.1. The summed E-state index contributed by atoms with van der Waals surface area (Å²) in [5, 5.41) is 28.1. The van der Waals surface area contributed by atoms with Gasteiger partial charge in [-0.25, -0.2) is 0 Å². The van der Waals surface area contributed by atoms with Crippen LogP contribution in [0.2, 0.25) is 0 Å². The van der Waals surface area contributed by atoms with E-state index >= 15 is 0 Å². The van der Waals surface area contributed by atoms with E-state index in [1.54, 1.807) is 42.9 Å². The second-order valence-corrected chi connectivity index (χ2v) is 13.0. The number of fused-ring (bicyclic) bond motifs is 2. The molecule has 3 amide bonds. The van der Waals surface area contributed by atoms with Crippen molar-refractivity contribution in [2.75, 3.05) is 47.8 Å². The molecule has 1 fully saturated rings. The van der Waals surface area contributed by atoms with Gasteiger partial charge in [-0.05, 0) is 61.9 Å². The molecule has 1 atom stereocenters. The van der Waals surface area contributed by atoms with Gasteiger partial charge in [0.1, 0.15) is 6.04 Å². The number of H-pyrrole nitrogens is 1. The Morgan fingerprint density at radius 3 is 2.22 bits per heavy atom. The number of aromatic amines is 1. The van der Waals surface area contributed by atoms with Crippen LogP contribution in [0.1, 0.15) is 65.3 Å². The van der Waals surface area contributed by atoms with Crippen molar-refractivity contribution in [3.8, 4) is 6.07 Å². The van der Waals surface area contributed by atoms with Gasteiger partial charge in [0.05, 0.1) is 27.8 Å². The summed E-state index contributed by atoms with van der Waals surface area (Å²) in [7, 11) is 6.92. The molecule has 3 aromatic rings. The first kappa shape index (κ1) is 28.8. The number of tetrazole rings is 1. The number of carbonyl (C=O) groups excluding carboxylic acids is 3. The number of aryl methyl sites for hydroxylation is 2. The maximum Gasteiger partial charge on any atom is 0.263 e. The van der Waals surface area contributed by atoms with Crippen molar-refractivity contribution >= 4 is 40.4 Å². The summed E-state index contributed by atoms with van der Waals surface area (Å²) in [5.41, 5.74) is 0.939. The number of aromatic nitrogens is 4. The number of rotatable bonds is 8. The van der Waals surface area contributed by atoms with E-state index in [4.69, 9.17) is 0 Å². The molecular formula is C27H33N9O3S2. The Balaban J connectivity index is 1.55. The fourth-order valence-electron chi connectivity index (χ4n) is 5.71. The second kappa shape index (κ2) is 11.7. The fourth-order valence-corrected chi connectivity index (χ4v) is 8.23. The molecule has 0 saturated carbocycles. The topological polar surface area (TPSA) is 151 Å². The van der Waals surface area contributed by atoms with Gasteiger partial charge in [0.2, 0.25) is 5.91 Å². The zero-order chi connectivity index (χ0) is 29.3. The van der Waals surface area contributed by atoms with Gasteiger partial charge < -0.3 is 20.0 Å². The van der Waals surface area contributed by atoms with Crippen LogP contribution in [0.3, 0.4) is 0 Å². The predicted molar refractivity (Wildman–Crippen MR) is 154 cm³/mol. The summed E-state index contributed by atoms with van der Waals surface area (Å²) in [6.07, 6.45) is 3.40. The molecule has 2 N–H and O–H groups in total. The van der Waals surface area contributed by atoms with Crippen molar-refractivity contribution < 1.29 is 14.4 Å². The predicted octanol–water partition coefficient (Wildman–Crippen LogP) is 1.65. The fraction of sp³-hybridized carbons (Fsp3) is 0.519. The lowest BCUT2D eigenvalue weighted by Gasteiger charge is -2.31. The number of likely N-dealkylation sites (tertiary alicyclic amines) is 1. The van der Waals surface area contributed by atoms with Gasteiger partial charge in [-0.15, -0.1) is 32.9 Å².